The Morgan fingerprint density at radius 2 is 2.03 bits per heavy atom. The van der Waals surface area contributed by atoms with Crippen molar-refractivity contribution in [3.63, 3.8) is 0 Å². The van der Waals surface area contributed by atoms with Gasteiger partial charge in [0, 0.05) is 4.88 Å². The largest absolute Gasteiger partial charge is 0.369 e. The molecule has 5 nitrogen and oxygen atoms in total. The maximum atomic E-state index is 13.6. The van der Waals surface area contributed by atoms with Gasteiger partial charge in [0.05, 0.1) is 17.7 Å². The summed E-state index contributed by atoms with van der Waals surface area (Å²) in [5, 5.41) is 1.32. The fourth-order valence-electron chi connectivity index (χ4n) is 4.13. The lowest BCUT2D eigenvalue weighted by Gasteiger charge is -2.33. The number of primary amides is 1. The van der Waals surface area contributed by atoms with Crippen LogP contribution in [0.15, 0.2) is 40.3 Å². The van der Waals surface area contributed by atoms with Gasteiger partial charge >= 0.3 is 0 Å². The number of carbonyl (C=O) groups excluding carboxylic acids is 1. The van der Waals surface area contributed by atoms with Crippen LogP contribution in [0.5, 0.6) is 0 Å². The van der Waals surface area contributed by atoms with Crippen molar-refractivity contribution in [1.82, 2.24) is 9.55 Å². The molecule has 158 valence electrons. The van der Waals surface area contributed by atoms with E-state index in [2.05, 4.69) is 20.8 Å². The zero-order chi connectivity index (χ0) is 21.5. The van der Waals surface area contributed by atoms with Crippen molar-refractivity contribution in [2.45, 2.75) is 51.7 Å². The molecule has 0 radical (unpaired) electrons. The molecule has 2 aromatic heterocycles. The number of thiophene rings is 1. The van der Waals surface area contributed by atoms with Crippen molar-refractivity contribution in [3.8, 4) is 0 Å². The Balaban J connectivity index is 1.82. The maximum Gasteiger partial charge on any atom is 0.263 e. The van der Waals surface area contributed by atoms with Gasteiger partial charge in [0.1, 0.15) is 4.83 Å². The van der Waals surface area contributed by atoms with Crippen LogP contribution >= 0.6 is 23.1 Å². The fraction of sp³-hybridized carbons (Fsp3) is 0.435. The highest BCUT2D eigenvalue weighted by Gasteiger charge is 2.32. The SMILES string of the molecule is CC(C)(C)[C@@H]1CCc2c(sc3nc(SCC(N)=O)n(Cc4ccccc4)c(=O)c23)C1. The molecule has 0 fully saturated rings. The number of thioether (sulfide) groups is 1. The molecule has 1 aromatic carbocycles. The van der Waals surface area contributed by atoms with Gasteiger partial charge in [-0.05, 0) is 41.7 Å². The first-order chi connectivity index (χ1) is 14.2. The van der Waals surface area contributed by atoms with E-state index < -0.39 is 5.91 Å². The number of carbonyl (C=O) groups is 1. The molecule has 30 heavy (non-hydrogen) atoms. The highest BCUT2D eigenvalue weighted by atomic mass is 32.2. The van der Waals surface area contributed by atoms with Gasteiger partial charge in [-0.1, -0.05) is 62.9 Å². The molecule has 1 amide bonds. The number of nitrogens with two attached hydrogens (primary N) is 1. The monoisotopic (exact) mass is 441 g/mol. The average molecular weight is 442 g/mol. The third-order valence-electron chi connectivity index (χ3n) is 5.89. The topological polar surface area (TPSA) is 78.0 Å². The lowest BCUT2D eigenvalue weighted by molar-refractivity contribution is -0.115. The van der Waals surface area contributed by atoms with Crippen molar-refractivity contribution < 1.29 is 4.79 Å². The van der Waals surface area contributed by atoms with Crippen LogP contribution in [0, 0.1) is 11.3 Å². The number of nitrogens with zero attached hydrogens (tertiary/aromatic N) is 2. The van der Waals surface area contributed by atoms with E-state index in [-0.39, 0.29) is 16.7 Å². The maximum absolute atomic E-state index is 13.6. The average Bonchev–Trinajstić information content (AvgIpc) is 3.06. The Bertz CT molecular complexity index is 1140. The van der Waals surface area contributed by atoms with Crippen LogP contribution in [0.25, 0.3) is 10.2 Å². The zero-order valence-electron chi connectivity index (χ0n) is 17.6. The van der Waals surface area contributed by atoms with Crippen molar-refractivity contribution in [2.24, 2.45) is 17.1 Å². The van der Waals surface area contributed by atoms with Crippen LogP contribution in [0.4, 0.5) is 0 Å². The summed E-state index contributed by atoms with van der Waals surface area (Å²) in [6.45, 7) is 7.30. The van der Waals surface area contributed by atoms with E-state index in [4.69, 9.17) is 10.7 Å². The molecular weight excluding hydrogens is 414 g/mol. The number of amides is 1. The summed E-state index contributed by atoms with van der Waals surface area (Å²) >= 11 is 2.88. The molecule has 1 atom stereocenters. The molecule has 0 aliphatic heterocycles. The van der Waals surface area contributed by atoms with E-state index in [1.165, 1.54) is 22.2 Å². The number of fused-ring (bicyclic) bond motifs is 3. The van der Waals surface area contributed by atoms with E-state index >= 15 is 0 Å². The number of aromatic nitrogens is 2. The Labute approximate surface area is 184 Å². The van der Waals surface area contributed by atoms with Crippen LogP contribution < -0.4 is 11.3 Å². The van der Waals surface area contributed by atoms with Gasteiger partial charge in [0.25, 0.3) is 5.56 Å². The van der Waals surface area contributed by atoms with Gasteiger partial charge in [-0.25, -0.2) is 4.98 Å². The van der Waals surface area contributed by atoms with Gasteiger partial charge < -0.3 is 5.73 Å². The lowest BCUT2D eigenvalue weighted by atomic mass is 9.72. The van der Waals surface area contributed by atoms with Crippen molar-refractivity contribution in [3.05, 3.63) is 56.7 Å². The molecule has 0 saturated heterocycles. The fourth-order valence-corrected chi connectivity index (χ4v) is 6.21. The molecule has 1 aliphatic carbocycles. The Kier molecular flexibility index (Phi) is 5.77. The molecule has 0 bridgehead atoms. The Morgan fingerprint density at radius 1 is 1.30 bits per heavy atom. The first kappa shape index (κ1) is 21.1. The van der Waals surface area contributed by atoms with Gasteiger partial charge in [-0.2, -0.15) is 0 Å². The third-order valence-corrected chi connectivity index (χ3v) is 8.03. The smallest absolute Gasteiger partial charge is 0.263 e. The second-order valence-corrected chi connectivity index (χ2v) is 11.0. The standard InChI is InChI=1S/C23H27N3O2S2/c1-23(2,3)15-9-10-16-17(11-15)30-20-19(16)21(28)26(12-14-7-5-4-6-8-14)22(25-20)29-13-18(24)27/h4-8,15H,9-13H2,1-3H3,(H2,24,27)/t15-/m1/s1. The summed E-state index contributed by atoms with van der Waals surface area (Å²) in [6.07, 6.45) is 3.02. The quantitative estimate of drug-likeness (QED) is 0.475. The molecule has 4 rings (SSSR count). The molecule has 7 heteroatoms. The Morgan fingerprint density at radius 3 is 2.70 bits per heavy atom. The van der Waals surface area contributed by atoms with E-state index in [1.807, 2.05) is 30.3 Å². The number of hydrogen-bond donors (Lipinski definition) is 1. The first-order valence-corrected chi connectivity index (χ1v) is 12.0. The second-order valence-electron chi connectivity index (χ2n) is 9.02. The second kappa shape index (κ2) is 8.19. The zero-order valence-corrected chi connectivity index (χ0v) is 19.2. The van der Waals surface area contributed by atoms with Crippen molar-refractivity contribution in [1.29, 1.82) is 0 Å². The minimum absolute atomic E-state index is 0.0115. The highest BCUT2D eigenvalue weighted by molar-refractivity contribution is 7.99. The Hall–Kier alpha value is -2.12. The number of rotatable bonds is 5. The summed E-state index contributed by atoms with van der Waals surface area (Å²) < 4.78 is 1.70. The van der Waals surface area contributed by atoms with Gasteiger partial charge in [0.2, 0.25) is 5.91 Å². The van der Waals surface area contributed by atoms with Crippen molar-refractivity contribution in [2.75, 3.05) is 5.75 Å². The number of hydrogen-bond acceptors (Lipinski definition) is 5. The molecule has 3 aromatic rings. The number of aryl methyl sites for hydroxylation is 1. The number of benzene rings is 1. The molecule has 2 N–H and O–H groups in total. The summed E-state index contributed by atoms with van der Waals surface area (Å²) in [6, 6.07) is 9.87. The van der Waals surface area contributed by atoms with Crippen LogP contribution in [-0.4, -0.2) is 21.2 Å². The summed E-state index contributed by atoms with van der Waals surface area (Å²) in [7, 11) is 0. The van der Waals surface area contributed by atoms with Gasteiger partial charge in [-0.15, -0.1) is 11.3 Å². The van der Waals surface area contributed by atoms with E-state index in [9.17, 15) is 9.59 Å². The molecule has 0 unspecified atom stereocenters. The van der Waals surface area contributed by atoms with E-state index in [0.717, 1.165) is 35.0 Å². The molecule has 1 aliphatic rings. The molecular formula is C23H27N3O2S2. The predicted octanol–water partition coefficient (Wildman–Crippen LogP) is 4.23. The van der Waals surface area contributed by atoms with Crippen LogP contribution in [0.1, 0.15) is 43.2 Å². The van der Waals surface area contributed by atoms with Crippen molar-refractivity contribution >= 4 is 39.2 Å². The van der Waals surface area contributed by atoms with Gasteiger partial charge in [-0.3, -0.25) is 14.2 Å². The minimum Gasteiger partial charge on any atom is -0.369 e. The van der Waals surface area contributed by atoms with Crippen LogP contribution in [0.2, 0.25) is 0 Å². The predicted molar refractivity (Wildman–Crippen MR) is 124 cm³/mol. The van der Waals surface area contributed by atoms with Crippen LogP contribution in [-0.2, 0) is 24.2 Å². The van der Waals surface area contributed by atoms with E-state index in [1.54, 1.807) is 15.9 Å². The highest BCUT2D eigenvalue weighted by Crippen LogP contribution is 2.42. The lowest BCUT2D eigenvalue weighted by Crippen LogP contribution is -2.28. The minimum atomic E-state index is -0.417. The van der Waals surface area contributed by atoms with Gasteiger partial charge in [0.15, 0.2) is 5.16 Å². The normalized spacial score (nSPS) is 16.6. The third kappa shape index (κ3) is 4.18. The molecule has 2 heterocycles. The summed E-state index contributed by atoms with van der Waals surface area (Å²) in [5.74, 6) is 0.289. The molecule has 0 saturated carbocycles. The first-order valence-electron chi connectivity index (χ1n) is 10.2. The summed E-state index contributed by atoms with van der Waals surface area (Å²) in [4.78, 5) is 31.9. The van der Waals surface area contributed by atoms with E-state index in [0.29, 0.717) is 17.6 Å². The van der Waals surface area contributed by atoms with Crippen LogP contribution in [0.3, 0.4) is 0 Å². The molecule has 0 spiro atoms. The summed E-state index contributed by atoms with van der Waals surface area (Å²) in [5.41, 5.74) is 7.80.